The molecule has 3 N–H and O–H groups in total. The number of alkyl halides is 2. The van der Waals surface area contributed by atoms with Crippen LogP contribution in [0.1, 0.15) is 22.5 Å². The van der Waals surface area contributed by atoms with Crippen molar-refractivity contribution in [1.82, 2.24) is 4.98 Å². The number of rotatable bonds is 2. The van der Waals surface area contributed by atoms with Crippen LogP contribution in [-0.2, 0) is 0 Å². The number of nitrogens with zero attached hydrogens (tertiary/aromatic N) is 1. The summed E-state index contributed by atoms with van der Waals surface area (Å²) >= 11 is 1.51. The van der Waals surface area contributed by atoms with Gasteiger partial charge in [-0.3, -0.25) is 0 Å². The van der Waals surface area contributed by atoms with Crippen LogP contribution in [0.3, 0.4) is 0 Å². The SMILES string of the molecule is Nc1cc(C(=O)O)c(I)c(C(F)F)n1. The van der Waals surface area contributed by atoms with Gasteiger partial charge in [0.1, 0.15) is 11.5 Å². The lowest BCUT2D eigenvalue weighted by Crippen LogP contribution is -2.08. The molecular formula is C7H5F2IN2O2. The molecule has 0 aromatic carbocycles. The Morgan fingerprint density at radius 1 is 1.64 bits per heavy atom. The van der Waals surface area contributed by atoms with Crippen molar-refractivity contribution >= 4 is 34.4 Å². The average molecular weight is 314 g/mol. The number of hydrogen-bond donors (Lipinski definition) is 2. The second-order valence-corrected chi connectivity index (χ2v) is 3.48. The third-order valence-corrected chi connectivity index (χ3v) is 2.57. The minimum atomic E-state index is -2.83. The van der Waals surface area contributed by atoms with Crippen LogP contribution in [-0.4, -0.2) is 16.1 Å². The Labute approximate surface area is 91.3 Å². The van der Waals surface area contributed by atoms with Gasteiger partial charge in [0.25, 0.3) is 6.43 Å². The number of pyridine rings is 1. The maximum atomic E-state index is 12.3. The summed E-state index contributed by atoms with van der Waals surface area (Å²) < 4.78 is 24.6. The molecule has 1 aromatic heterocycles. The second-order valence-electron chi connectivity index (χ2n) is 2.40. The highest BCUT2D eigenvalue weighted by atomic mass is 127. The number of nitrogen functional groups attached to an aromatic ring is 1. The third-order valence-electron chi connectivity index (χ3n) is 1.44. The summed E-state index contributed by atoms with van der Waals surface area (Å²) in [4.78, 5) is 14.0. The van der Waals surface area contributed by atoms with Gasteiger partial charge < -0.3 is 10.8 Å². The number of anilines is 1. The van der Waals surface area contributed by atoms with Gasteiger partial charge in [-0.1, -0.05) is 0 Å². The molecule has 14 heavy (non-hydrogen) atoms. The number of carbonyl (C=O) groups is 1. The van der Waals surface area contributed by atoms with Gasteiger partial charge in [0.2, 0.25) is 0 Å². The summed E-state index contributed by atoms with van der Waals surface area (Å²) in [5.74, 6) is -1.52. The molecule has 0 saturated heterocycles. The first-order valence-electron chi connectivity index (χ1n) is 3.41. The van der Waals surface area contributed by atoms with E-state index in [0.29, 0.717) is 0 Å². The zero-order chi connectivity index (χ0) is 10.9. The first-order chi connectivity index (χ1) is 6.43. The molecule has 0 atom stereocenters. The van der Waals surface area contributed by atoms with Crippen LogP contribution < -0.4 is 5.73 Å². The molecule has 0 radical (unpaired) electrons. The summed E-state index contributed by atoms with van der Waals surface area (Å²) in [7, 11) is 0. The highest BCUT2D eigenvalue weighted by Gasteiger charge is 2.20. The van der Waals surface area contributed by atoms with Crippen LogP contribution in [0.4, 0.5) is 14.6 Å². The largest absolute Gasteiger partial charge is 0.478 e. The maximum Gasteiger partial charge on any atom is 0.336 e. The van der Waals surface area contributed by atoms with E-state index >= 15 is 0 Å². The lowest BCUT2D eigenvalue weighted by atomic mass is 10.2. The van der Waals surface area contributed by atoms with Crippen molar-refractivity contribution in [3.05, 3.63) is 20.9 Å². The predicted octanol–water partition coefficient (Wildman–Crippen LogP) is 1.90. The Kier molecular flexibility index (Phi) is 3.19. The average Bonchev–Trinajstić information content (AvgIpc) is 2.07. The van der Waals surface area contributed by atoms with E-state index in [1.165, 1.54) is 22.6 Å². The van der Waals surface area contributed by atoms with Crippen molar-refractivity contribution in [1.29, 1.82) is 0 Å². The van der Waals surface area contributed by atoms with Crippen LogP contribution in [0, 0.1) is 3.57 Å². The first kappa shape index (κ1) is 11.1. The lowest BCUT2D eigenvalue weighted by Gasteiger charge is -2.06. The van der Waals surface area contributed by atoms with Gasteiger partial charge in [0.05, 0.1) is 9.13 Å². The molecule has 0 aliphatic carbocycles. The maximum absolute atomic E-state index is 12.3. The highest BCUT2D eigenvalue weighted by molar-refractivity contribution is 14.1. The first-order valence-corrected chi connectivity index (χ1v) is 4.48. The number of aromatic nitrogens is 1. The van der Waals surface area contributed by atoms with E-state index in [2.05, 4.69) is 4.98 Å². The minimum Gasteiger partial charge on any atom is -0.478 e. The summed E-state index contributed by atoms with van der Waals surface area (Å²) in [5.41, 5.74) is 4.34. The number of aromatic carboxylic acids is 1. The van der Waals surface area contributed by atoms with Crippen LogP contribution in [0.25, 0.3) is 0 Å². The number of nitrogens with two attached hydrogens (primary N) is 1. The second kappa shape index (κ2) is 4.03. The highest BCUT2D eigenvalue weighted by Crippen LogP contribution is 2.26. The fraction of sp³-hybridized carbons (Fsp3) is 0.143. The van der Waals surface area contributed by atoms with Gasteiger partial charge in [-0.2, -0.15) is 0 Å². The van der Waals surface area contributed by atoms with Gasteiger partial charge in [-0.25, -0.2) is 18.6 Å². The Morgan fingerprint density at radius 2 is 2.21 bits per heavy atom. The fourth-order valence-corrected chi connectivity index (χ4v) is 1.61. The van der Waals surface area contributed by atoms with Crippen molar-refractivity contribution in [2.24, 2.45) is 0 Å². The molecule has 76 valence electrons. The van der Waals surface area contributed by atoms with Crippen molar-refractivity contribution in [3.63, 3.8) is 0 Å². The molecule has 1 rings (SSSR count). The van der Waals surface area contributed by atoms with Gasteiger partial charge >= 0.3 is 5.97 Å². The van der Waals surface area contributed by atoms with Gasteiger partial charge in [-0.05, 0) is 28.7 Å². The molecule has 1 heterocycles. The number of hydrogen-bond acceptors (Lipinski definition) is 3. The van der Waals surface area contributed by atoms with Crippen LogP contribution in [0.15, 0.2) is 6.07 Å². The summed E-state index contributed by atoms with van der Waals surface area (Å²) in [6.45, 7) is 0. The van der Waals surface area contributed by atoms with E-state index in [1.807, 2.05) is 0 Å². The quantitative estimate of drug-likeness (QED) is 0.818. The number of carboxylic acid groups (broad SMARTS) is 1. The van der Waals surface area contributed by atoms with Crippen molar-refractivity contribution in [3.8, 4) is 0 Å². The fourth-order valence-electron chi connectivity index (χ4n) is 0.870. The molecule has 0 aliphatic heterocycles. The molecule has 0 amide bonds. The minimum absolute atomic E-state index is 0.0840. The molecule has 7 heteroatoms. The van der Waals surface area contributed by atoms with E-state index in [0.717, 1.165) is 6.07 Å². The molecule has 0 saturated carbocycles. The normalized spacial score (nSPS) is 10.6. The molecule has 4 nitrogen and oxygen atoms in total. The van der Waals surface area contributed by atoms with E-state index in [4.69, 9.17) is 10.8 Å². The van der Waals surface area contributed by atoms with Crippen LogP contribution in [0.5, 0.6) is 0 Å². The third kappa shape index (κ3) is 2.08. The topological polar surface area (TPSA) is 76.2 Å². The predicted molar refractivity (Wildman–Crippen MR) is 53.3 cm³/mol. The van der Waals surface area contributed by atoms with E-state index < -0.39 is 18.1 Å². The molecule has 0 unspecified atom stereocenters. The Hall–Kier alpha value is -0.990. The number of carboxylic acids is 1. The van der Waals surface area contributed by atoms with Gasteiger partial charge in [-0.15, -0.1) is 0 Å². The van der Waals surface area contributed by atoms with Gasteiger partial charge in [0, 0.05) is 0 Å². The van der Waals surface area contributed by atoms with Crippen LogP contribution >= 0.6 is 22.6 Å². The van der Waals surface area contributed by atoms with E-state index in [-0.39, 0.29) is 15.0 Å². The van der Waals surface area contributed by atoms with E-state index in [1.54, 1.807) is 0 Å². The Morgan fingerprint density at radius 3 is 2.64 bits per heavy atom. The van der Waals surface area contributed by atoms with Crippen molar-refractivity contribution in [2.75, 3.05) is 5.73 Å². The summed E-state index contributed by atoms with van der Waals surface area (Å²) in [6, 6.07) is 1.05. The summed E-state index contributed by atoms with van der Waals surface area (Å²) in [5, 5.41) is 8.66. The Balaban J connectivity index is 3.40. The zero-order valence-electron chi connectivity index (χ0n) is 6.67. The molecule has 0 fully saturated rings. The van der Waals surface area contributed by atoms with Crippen molar-refractivity contribution in [2.45, 2.75) is 6.43 Å². The van der Waals surface area contributed by atoms with Crippen LogP contribution in [0.2, 0.25) is 0 Å². The lowest BCUT2D eigenvalue weighted by molar-refractivity contribution is 0.0695. The molecule has 0 aliphatic rings. The Bertz CT molecular complexity index is 384. The molecule has 1 aromatic rings. The van der Waals surface area contributed by atoms with E-state index in [9.17, 15) is 13.6 Å². The number of halogens is 3. The van der Waals surface area contributed by atoms with Crippen molar-refractivity contribution < 1.29 is 18.7 Å². The summed E-state index contributed by atoms with van der Waals surface area (Å²) in [6.07, 6.45) is -2.83. The molecule has 0 spiro atoms. The monoisotopic (exact) mass is 314 g/mol. The zero-order valence-corrected chi connectivity index (χ0v) is 8.83. The molecule has 0 bridgehead atoms. The standard InChI is InChI=1S/C7H5F2IN2O2/c8-6(9)5-4(10)2(7(13)14)1-3(11)12-5/h1,6H,(H2,11,12)(H,13,14). The molecular weight excluding hydrogens is 309 g/mol. The van der Waals surface area contributed by atoms with Gasteiger partial charge in [0.15, 0.2) is 0 Å². The smallest absolute Gasteiger partial charge is 0.336 e.